The van der Waals surface area contributed by atoms with E-state index in [-0.39, 0.29) is 6.42 Å². The number of nitrogens with zero attached hydrogens (tertiary/aromatic N) is 5. The van der Waals surface area contributed by atoms with Crippen LogP contribution in [0.5, 0.6) is 0 Å². The lowest BCUT2D eigenvalue weighted by Gasteiger charge is -2.13. The van der Waals surface area contributed by atoms with Gasteiger partial charge in [-0.1, -0.05) is 12.8 Å². The molecule has 30 heavy (non-hydrogen) atoms. The van der Waals surface area contributed by atoms with Crippen LogP contribution in [0.2, 0.25) is 0 Å². The van der Waals surface area contributed by atoms with E-state index in [4.69, 9.17) is 5.11 Å². The molecule has 152 valence electrons. The number of fused-ring (bicyclic) bond motifs is 1. The Morgan fingerprint density at radius 2 is 1.97 bits per heavy atom. The van der Waals surface area contributed by atoms with Gasteiger partial charge in [0.1, 0.15) is 12.1 Å². The normalized spacial score (nSPS) is 14.4. The number of carbonyl (C=O) groups is 1. The average Bonchev–Trinajstić information content (AvgIpc) is 3.48. The van der Waals surface area contributed by atoms with E-state index in [9.17, 15) is 4.79 Å². The van der Waals surface area contributed by atoms with Crippen LogP contribution in [0.15, 0.2) is 55.2 Å². The molecule has 1 aromatic carbocycles. The van der Waals surface area contributed by atoms with E-state index in [2.05, 4.69) is 38.6 Å². The number of anilines is 1. The highest BCUT2D eigenvalue weighted by molar-refractivity contribution is 5.83. The summed E-state index contributed by atoms with van der Waals surface area (Å²) in [6.07, 6.45) is 11.9. The summed E-state index contributed by atoms with van der Waals surface area (Å²) in [5.41, 5.74) is 2.78. The topological polar surface area (TPSA) is 97.9 Å². The number of rotatable bonds is 6. The van der Waals surface area contributed by atoms with Gasteiger partial charge in [0.2, 0.25) is 0 Å². The molecule has 0 radical (unpaired) electrons. The molecule has 1 aliphatic rings. The molecule has 0 unspecified atom stereocenters. The Morgan fingerprint density at radius 1 is 1.13 bits per heavy atom. The molecular formula is C22H22N6O2. The second-order valence-electron chi connectivity index (χ2n) is 7.69. The van der Waals surface area contributed by atoms with Gasteiger partial charge in [-0.05, 0) is 42.7 Å². The zero-order valence-electron chi connectivity index (χ0n) is 16.4. The van der Waals surface area contributed by atoms with Gasteiger partial charge in [-0.15, -0.1) is 0 Å². The fourth-order valence-corrected chi connectivity index (χ4v) is 4.05. The fraction of sp³-hybridized carbons (Fsp3) is 0.273. The SMILES string of the molecule is O=C(O)Cc1ccn(-c2cc(-n3ncc4ccc(NC5CCCC5)cc43)ncn2)c1. The van der Waals surface area contributed by atoms with Gasteiger partial charge < -0.3 is 15.0 Å². The average molecular weight is 402 g/mol. The fourth-order valence-electron chi connectivity index (χ4n) is 4.05. The first-order valence-electron chi connectivity index (χ1n) is 10.1. The number of carboxylic acid groups (broad SMARTS) is 1. The van der Waals surface area contributed by atoms with Crippen LogP contribution >= 0.6 is 0 Å². The maximum atomic E-state index is 10.9. The summed E-state index contributed by atoms with van der Waals surface area (Å²) >= 11 is 0. The van der Waals surface area contributed by atoms with E-state index in [1.165, 1.54) is 32.0 Å². The lowest BCUT2D eigenvalue weighted by atomic mass is 10.2. The molecule has 8 nitrogen and oxygen atoms in total. The predicted octanol–water partition coefficient (Wildman–Crippen LogP) is 3.59. The van der Waals surface area contributed by atoms with E-state index in [1.54, 1.807) is 23.0 Å². The van der Waals surface area contributed by atoms with Crippen LogP contribution in [0, 0.1) is 0 Å². The molecule has 1 aliphatic carbocycles. The molecule has 0 saturated heterocycles. The summed E-state index contributed by atoms with van der Waals surface area (Å²) < 4.78 is 3.60. The molecule has 5 rings (SSSR count). The molecule has 0 bridgehead atoms. The van der Waals surface area contributed by atoms with Crippen molar-refractivity contribution < 1.29 is 9.90 Å². The first-order chi connectivity index (χ1) is 14.7. The van der Waals surface area contributed by atoms with Gasteiger partial charge >= 0.3 is 5.97 Å². The monoisotopic (exact) mass is 402 g/mol. The van der Waals surface area contributed by atoms with E-state index >= 15 is 0 Å². The van der Waals surface area contributed by atoms with Crippen molar-refractivity contribution in [2.75, 3.05) is 5.32 Å². The Kier molecular flexibility index (Phi) is 4.66. The Hall–Kier alpha value is -3.68. The van der Waals surface area contributed by atoms with Crippen LogP contribution in [0.25, 0.3) is 22.5 Å². The summed E-state index contributed by atoms with van der Waals surface area (Å²) in [5, 5.41) is 18.2. The maximum Gasteiger partial charge on any atom is 0.307 e. The lowest BCUT2D eigenvalue weighted by molar-refractivity contribution is -0.136. The zero-order chi connectivity index (χ0) is 20.5. The molecule has 0 aliphatic heterocycles. The second kappa shape index (κ2) is 7.62. The van der Waals surface area contributed by atoms with Crippen molar-refractivity contribution in [1.82, 2.24) is 24.3 Å². The Bertz CT molecular complexity index is 1210. The van der Waals surface area contributed by atoms with Crippen molar-refractivity contribution in [2.24, 2.45) is 0 Å². The zero-order valence-corrected chi connectivity index (χ0v) is 16.4. The van der Waals surface area contributed by atoms with Crippen LogP contribution in [0.4, 0.5) is 5.69 Å². The molecule has 8 heteroatoms. The van der Waals surface area contributed by atoms with Crippen molar-refractivity contribution in [3.63, 3.8) is 0 Å². The third kappa shape index (κ3) is 3.63. The molecule has 3 aromatic heterocycles. The predicted molar refractivity (Wildman–Crippen MR) is 113 cm³/mol. The van der Waals surface area contributed by atoms with E-state index in [1.807, 2.05) is 16.9 Å². The van der Waals surface area contributed by atoms with Crippen LogP contribution in [0.3, 0.4) is 0 Å². The number of benzene rings is 1. The van der Waals surface area contributed by atoms with Gasteiger partial charge in [0.25, 0.3) is 0 Å². The van der Waals surface area contributed by atoms with Gasteiger partial charge in [-0.3, -0.25) is 4.79 Å². The van der Waals surface area contributed by atoms with Crippen LogP contribution in [0.1, 0.15) is 31.2 Å². The van der Waals surface area contributed by atoms with Gasteiger partial charge in [0, 0.05) is 35.6 Å². The van der Waals surface area contributed by atoms with Crippen molar-refractivity contribution in [1.29, 1.82) is 0 Å². The van der Waals surface area contributed by atoms with Gasteiger partial charge in [0.05, 0.1) is 18.1 Å². The molecule has 0 spiro atoms. The smallest absolute Gasteiger partial charge is 0.307 e. The minimum atomic E-state index is -0.860. The summed E-state index contributed by atoms with van der Waals surface area (Å²) in [5.74, 6) is 0.447. The Balaban J connectivity index is 1.47. The Morgan fingerprint density at radius 3 is 2.80 bits per heavy atom. The van der Waals surface area contributed by atoms with Gasteiger partial charge in [0.15, 0.2) is 5.82 Å². The van der Waals surface area contributed by atoms with Crippen LogP contribution < -0.4 is 5.32 Å². The third-order valence-corrected chi connectivity index (χ3v) is 5.53. The van der Waals surface area contributed by atoms with Crippen LogP contribution in [-0.4, -0.2) is 41.4 Å². The van der Waals surface area contributed by atoms with E-state index in [0.29, 0.717) is 17.7 Å². The maximum absolute atomic E-state index is 10.9. The molecule has 1 fully saturated rings. The highest BCUT2D eigenvalue weighted by Gasteiger charge is 2.15. The van der Waals surface area contributed by atoms with Gasteiger partial charge in [-0.25, -0.2) is 14.6 Å². The Labute approximate surface area is 173 Å². The minimum absolute atomic E-state index is 0.0223. The number of aromatic nitrogens is 5. The van der Waals surface area contributed by atoms with Crippen molar-refractivity contribution in [3.05, 3.63) is 60.8 Å². The second-order valence-corrected chi connectivity index (χ2v) is 7.69. The molecular weight excluding hydrogens is 380 g/mol. The summed E-state index contributed by atoms with van der Waals surface area (Å²) in [7, 11) is 0. The minimum Gasteiger partial charge on any atom is -0.481 e. The summed E-state index contributed by atoms with van der Waals surface area (Å²) in [4.78, 5) is 19.7. The third-order valence-electron chi connectivity index (χ3n) is 5.53. The summed E-state index contributed by atoms with van der Waals surface area (Å²) in [6.45, 7) is 0. The number of hydrogen-bond donors (Lipinski definition) is 2. The first-order valence-corrected chi connectivity index (χ1v) is 10.1. The first kappa shape index (κ1) is 18.4. The van der Waals surface area contributed by atoms with E-state index < -0.39 is 5.97 Å². The largest absolute Gasteiger partial charge is 0.481 e. The van der Waals surface area contributed by atoms with Crippen molar-refractivity contribution in [3.8, 4) is 11.6 Å². The molecule has 3 heterocycles. The molecule has 1 saturated carbocycles. The molecule has 4 aromatic rings. The quantitative estimate of drug-likeness (QED) is 0.511. The highest BCUT2D eigenvalue weighted by atomic mass is 16.4. The highest BCUT2D eigenvalue weighted by Crippen LogP contribution is 2.26. The van der Waals surface area contributed by atoms with E-state index in [0.717, 1.165) is 22.2 Å². The number of hydrogen-bond acceptors (Lipinski definition) is 5. The number of aliphatic carboxylic acids is 1. The van der Waals surface area contributed by atoms with Gasteiger partial charge in [-0.2, -0.15) is 5.10 Å². The number of nitrogens with one attached hydrogen (secondary N) is 1. The van der Waals surface area contributed by atoms with Crippen molar-refractivity contribution in [2.45, 2.75) is 38.1 Å². The molecule has 2 N–H and O–H groups in total. The lowest BCUT2D eigenvalue weighted by Crippen LogP contribution is -2.14. The van der Waals surface area contributed by atoms with Crippen LogP contribution in [-0.2, 0) is 11.2 Å². The van der Waals surface area contributed by atoms with Crippen molar-refractivity contribution >= 4 is 22.6 Å². The number of carboxylic acids is 1. The molecule has 0 atom stereocenters. The molecule has 0 amide bonds. The summed E-state index contributed by atoms with van der Waals surface area (Å²) in [6, 6.07) is 10.4. The standard InChI is InChI=1S/C22H22N6O2/c29-22(30)9-15-7-8-27(13-15)20-11-21(24-14-23-20)28-19-10-18(6-5-16(19)12-25-28)26-17-3-1-2-4-17/h5-8,10-14,17,26H,1-4,9H2,(H,29,30).